The van der Waals surface area contributed by atoms with Crippen molar-refractivity contribution in [3.63, 3.8) is 0 Å². The summed E-state index contributed by atoms with van der Waals surface area (Å²) in [5, 5.41) is 4.12. The minimum atomic E-state index is -0.626. The fourth-order valence-corrected chi connectivity index (χ4v) is 3.67. The Morgan fingerprint density at radius 2 is 1.83 bits per heavy atom. The van der Waals surface area contributed by atoms with E-state index >= 15 is 0 Å². The fourth-order valence-electron chi connectivity index (χ4n) is 3.54. The van der Waals surface area contributed by atoms with Crippen LogP contribution in [0.25, 0.3) is 0 Å². The third-order valence-corrected chi connectivity index (χ3v) is 4.97. The summed E-state index contributed by atoms with van der Waals surface area (Å²) in [4.78, 5) is 23.8. The molecular weight excluding hydrogens is 330 g/mol. The minimum Gasteiger partial charge on any atom is -0.465 e. The molecule has 130 valence electrons. The van der Waals surface area contributed by atoms with Gasteiger partial charge in [-0.15, -0.1) is 0 Å². The average Bonchev–Trinajstić information content (AvgIpc) is 2.87. The number of carbonyl (C=O) groups is 2. The highest BCUT2D eigenvalue weighted by molar-refractivity contribution is 6.30. The smallest absolute Gasteiger partial charge is 0.317 e. The van der Waals surface area contributed by atoms with Gasteiger partial charge in [0, 0.05) is 24.0 Å². The zero-order chi connectivity index (χ0) is 17.1. The number of rotatable bonds is 5. The molecule has 0 spiro atoms. The van der Waals surface area contributed by atoms with Gasteiger partial charge in [0.2, 0.25) is 0 Å². The normalized spacial score (nSPS) is 26.7. The van der Waals surface area contributed by atoms with Gasteiger partial charge in [-0.3, -0.25) is 9.59 Å². The summed E-state index contributed by atoms with van der Waals surface area (Å²) in [5.74, 6) is -1.38. The number of benzene rings is 1. The standard InChI is InChI=1S/C18H22ClNO4/c1-11(21)23-10-17(12-2-4-13(19)5-3-12)18(22)24-16-8-14-6-7-15(9-16)20-14/h2-5,14-17,20H,6-10H2,1H3/t14-,15+,16?,17-/m0/s1. The summed E-state index contributed by atoms with van der Waals surface area (Å²) in [5.41, 5.74) is 0.738. The Morgan fingerprint density at radius 1 is 1.21 bits per heavy atom. The predicted octanol–water partition coefficient (Wildman–Crippen LogP) is 2.81. The van der Waals surface area contributed by atoms with Gasteiger partial charge in [0.25, 0.3) is 0 Å². The van der Waals surface area contributed by atoms with Crippen LogP contribution in [0.15, 0.2) is 24.3 Å². The summed E-state index contributed by atoms with van der Waals surface area (Å²) in [6.07, 6.45) is 3.93. The molecule has 1 aromatic rings. The van der Waals surface area contributed by atoms with Gasteiger partial charge in [-0.25, -0.2) is 0 Å². The average molecular weight is 352 g/mol. The SMILES string of the molecule is CC(=O)OC[C@H](C(=O)OC1C[C@H]2CC[C@@H](C1)N2)c1ccc(Cl)cc1. The van der Waals surface area contributed by atoms with E-state index in [1.54, 1.807) is 24.3 Å². The minimum absolute atomic E-state index is 0.0202. The van der Waals surface area contributed by atoms with Crippen LogP contribution in [0, 0.1) is 0 Å². The summed E-state index contributed by atoms with van der Waals surface area (Å²) in [6, 6.07) is 7.87. The van der Waals surface area contributed by atoms with E-state index in [9.17, 15) is 9.59 Å². The van der Waals surface area contributed by atoms with Crippen LogP contribution in [0.4, 0.5) is 0 Å². The molecule has 0 amide bonds. The Labute approximate surface area is 146 Å². The number of hydrogen-bond donors (Lipinski definition) is 1. The number of halogens is 1. The van der Waals surface area contributed by atoms with Crippen molar-refractivity contribution in [1.82, 2.24) is 5.32 Å². The van der Waals surface area contributed by atoms with Crippen molar-refractivity contribution in [2.75, 3.05) is 6.61 Å². The van der Waals surface area contributed by atoms with Gasteiger partial charge < -0.3 is 14.8 Å². The molecule has 5 nitrogen and oxygen atoms in total. The van der Waals surface area contributed by atoms with E-state index in [4.69, 9.17) is 21.1 Å². The molecule has 2 fully saturated rings. The first kappa shape index (κ1) is 17.2. The van der Waals surface area contributed by atoms with Crippen LogP contribution in [-0.2, 0) is 19.1 Å². The second kappa shape index (κ2) is 7.53. The van der Waals surface area contributed by atoms with Crippen molar-refractivity contribution >= 4 is 23.5 Å². The molecule has 4 atom stereocenters. The number of fused-ring (bicyclic) bond motifs is 2. The Balaban J connectivity index is 1.68. The maximum Gasteiger partial charge on any atom is 0.317 e. The molecule has 24 heavy (non-hydrogen) atoms. The van der Waals surface area contributed by atoms with E-state index in [0.29, 0.717) is 17.1 Å². The first-order valence-electron chi connectivity index (χ1n) is 8.36. The molecule has 0 saturated carbocycles. The van der Waals surface area contributed by atoms with Crippen molar-refractivity contribution in [3.8, 4) is 0 Å². The van der Waals surface area contributed by atoms with Crippen LogP contribution in [0.3, 0.4) is 0 Å². The van der Waals surface area contributed by atoms with E-state index in [2.05, 4.69) is 5.32 Å². The van der Waals surface area contributed by atoms with Crippen LogP contribution in [0.1, 0.15) is 44.1 Å². The molecule has 2 saturated heterocycles. The Kier molecular flexibility index (Phi) is 5.41. The van der Waals surface area contributed by atoms with Crippen molar-refractivity contribution in [2.45, 2.75) is 56.7 Å². The summed E-state index contributed by atoms with van der Waals surface area (Å²) < 4.78 is 10.8. The van der Waals surface area contributed by atoms with E-state index in [1.165, 1.54) is 6.92 Å². The van der Waals surface area contributed by atoms with E-state index in [1.807, 2.05) is 0 Å². The van der Waals surface area contributed by atoms with Gasteiger partial charge in [0.05, 0.1) is 0 Å². The highest BCUT2D eigenvalue weighted by atomic mass is 35.5. The number of carbonyl (C=O) groups excluding carboxylic acids is 2. The third kappa shape index (κ3) is 4.28. The van der Waals surface area contributed by atoms with Gasteiger partial charge in [-0.2, -0.15) is 0 Å². The number of nitrogens with one attached hydrogen (secondary N) is 1. The molecule has 2 aliphatic rings. The predicted molar refractivity (Wildman–Crippen MR) is 89.9 cm³/mol. The Hall–Kier alpha value is -1.59. The monoisotopic (exact) mass is 351 g/mol. The van der Waals surface area contributed by atoms with Crippen molar-refractivity contribution in [2.24, 2.45) is 0 Å². The van der Waals surface area contributed by atoms with Gasteiger partial charge >= 0.3 is 11.9 Å². The lowest BCUT2D eigenvalue weighted by Gasteiger charge is -2.30. The largest absolute Gasteiger partial charge is 0.465 e. The maximum absolute atomic E-state index is 12.7. The van der Waals surface area contributed by atoms with E-state index < -0.39 is 11.9 Å². The van der Waals surface area contributed by atoms with Crippen molar-refractivity contribution in [1.29, 1.82) is 0 Å². The molecule has 2 heterocycles. The molecule has 2 aliphatic heterocycles. The van der Waals surface area contributed by atoms with Crippen LogP contribution in [0.2, 0.25) is 5.02 Å². The fraction of sp³-hybridized carbons (Fsp3) is 0.556. The lowest BCUT2D eigenvalue weighted by molar-refractivity contribution is -0.156. The molecule has 0 aromatic heterocycles. The number of piperidine rings is 1. The maximum atomic E-state index is 12.7. The van der Waals surface area contributed by atoms with Gasteiger partial charge in [-0.1, -0.05) is 23.7 Å². The first-order valence-corrected chi connectivity index (χ1v) is 8.74. The summed E-state index contributed by atoms with van der Waals surface area (Å²) >= 11 is 5.91. The number of ether oxygens (including phenoxy) is 2. The molecular formula is C18H22ClNO4. The quantitative estimate of drug-likeness (QED) is 0.826. The van der Waals surface area contributed by atoms with Crippen LogP contribution in [-0.4, -0.2) is 36.7 Å². The molecule has 0 aliphatic carbocycles. The number of hydrogen-bond acceptors (Lipinski definition) is 5. The molecule has 0 radical (unpaired) electrons. The van der Waals surface area contributed by atoms with Crippen LogP contribution < -0.4 is 5.32 Å². The second-order valence-corrected chi connectivity index (χ2v) is 7.01. The first-order chi connectivity index (χ1) is 11.5. The molecule has 1 unspecified atom stereocenters. The summed E-state index contributed by atoms with van der Waals surface area (Å²) in [6.45, 7) is 1.31. The van der Waals surface area contributed by atoms with Gasteiger partial charge in [-0.05, 0) is 43.4 Å². The zero-order valence-electron chi connectivity index (χ0n) is 13.7. The highest BCUT2D eigenvalue weighted by Crippen LogP contribution is 2.30. The summed E-state index contributed by atoms with van der Waals surface area (Å²) in [7, 11) is 0. The van der Waals surface area contributed by atoms with Crippen LogP contribution in [0.5, 0.6) is 0 Å². The van der Waals surface area contributed by atoms with Gasteiger partial charge in [0.15, 0.2) is 0 Å². The zero-order valence-corrected chi connectivity index (χ0v) is 14.4. The van der Waals surface area contributed by atoms with E-state index in [0.717, 1.165) is 31.2 Å². The lowest BCUT2D eigenvalue weighted by Crippen LogP contribution is -2.42. The number of esters is 2. The third-order valence-electron chi connectivity index (χ3n) is 4.72. The topological polar surface area (TPSA) is 64.6 Å². The van der Waals surface area contributed by atoms with Gasteiger partial charge in [0.1, 0.15) is 18.6 Å². The molecule has 1 aromatic carbocycles. The lowest BCUT2D eigenvalue weighted by atomic mass is 9.99. The van der Waals surface area contributed by atoms with Crippen LogP contribution >= 0.6 is 11.6 Å². The van der Waals surface area contributed by atoms with Crippen molar-refractivity contribution < 1.29 is 19.1 Å². The molecule has 6 heteroatoms. The molecule has 3 rings (SSSR count). The second-order valence-electron chi connectivity index (χ2n) is 6.57. The van der Waals surface area contributed by atoms with Crippen molar-refractivity contribution in [3.05, 3.63) is 34.9 Å². The Morgan fingerprint density at radius 3 is 2.42 bits per heavy atom. The molecule has 1 N–H and O–H groups in total. The Bertz CT molecular complexity index is 592. The van der Waals surface area contributed by atoms with E-state index in [-0.39, 0.29) is 18.7 Å². The molecule has 2 bridgehead atoms. The highest BCUT2D eigenvalue weighted by Gasteiger charge is 2.36.